The second kappa shape index (κ2) is 7.04. The van der Waals surface area contributed by atoms with Crippen LogP contribution in [0.25, 0.3) is 0 Å². The van der Waals surface area contributed by atoms with Gasteiger partial charge in [0.2, 0.25) is 0 Å². The lowest BCUT2D eigenvalue weighted by atomic mass is 9.99. The van der Waals surface area contributed by atoms with Crippen molar-refractivity contribution in [3.05, 3.63) is 23.3 Å². The zero-order valence-electron chi connectivity index (χ0n) is 11.2. The lowest BCUT2D eigenvalue weighted by Gasteiger charge is -2.18. The van der Waals surface area contributed by atoms with Gasteiger partial charge in [-0.15, -0.1) is 0 Å². The second-order valence-electron chi connectivity index (χ2n) is 4.18. The van der Waals surface area contributed by atoms with Crippen molar-refractivity contribution in [2.45, 2.75) is 25.3 Å². The van der Waals surface area contributed by atoms with Gasteiger partial charge in [-0.3, -0.25) is 4.79 Å². The Morgan fingerprint density at radius 3 is 2.25 bits per heavy atom. The Hall–Kier alpha value is -1.89. The van der Waals surface area contributed by atoms with Crippen molar-refractivity contribution >= 4 is 5.97 Å². The van der Waals surface area contributed by atoms with Crippen LogP contribution in [0.5, 0.6) is 11.5 Å². The zero-order valence-corrected chi connectivity index (χ0v) is 11.2. The first-order chi connectivity index (χ1) is 9.40. The molecule has 1 aromatic rings. The summed E-state index contributed by atoms with van der Waals surface area (Å²) < 4.78 is 35.9. The number of benzene rings is 1. The highest BCUT2D eigenvalue weighted by Gasteiger charge is 2.21. The van der Waals surface area contributed by atoms with Crippen molar-refractivity contribution in [2.75, 3.05) is 14.2 Å². The van der Waals surface area contributed by atoms with Crippen molar-refractivity contribution in [1.82, 2.24) is 0 Å². The number of carbonyl (C=O) groups is 1. The van der Waals surface area contributed by atoms with Crippen molar-refractivity contribution in [2.24, 2.45) is 5.73 Å². The van der Waals surface area contributed by atoms with Gasteiger partial charge < -0.3 is 20.3 Å². The lowest BCUT2D eigenvalue weighted by molar-refractivity contribution is -0.137. The number of nitrogens with two attached hydrogens (primary N) is 1. The van der Waals surface area contributed by atoms with Crippen LogP contribution in [0.1, 0.15) is 36.4 Å². The Morgan fingerprint density at radius 2 is 1.80 bits per heavy atom. The molecule has 0 aliphatic rings. The van der Waals surface area contributed by atoms with Gasteiger partial charge in [-0.1, -0.05) is 0 Å². The van der Waals surface area contributed by atoms with Crippen LogP contribution in [-0.4, -0.2) is 25.3 Å². The third-order valence-electron chi connectivity index (χ3n) is 2.89. The molecule has 0 aliphatic carbocycles. The van der Waals surface area contributed by atoms with Gasteiger partial charge in [-0.2, -0.15) is 0 Å². The number of methoxy groups -OCH3 is 2. The summed E-state index contributed by atoms with van der Waals surface area (Å²) in [5.41, 5.74) is 5.89. The van der Waals surface area contributed by atoms with Crippen molar-refractivity contribution in [3.8, 4) is 11.5 Å². The molecule has 0 radical (unpaired) electrons. The van der Waals surface area contributed by atoms with E-state index in [1.165, 1.54) is 26.4 Å². The van der Waals surface area contributed by atoms with E-state index in [0.717, 1.165) is 0 Å². The maximum absolute atomic E-state index is 13.0. The van der Waals surface area contributed by atoms with Crippen molar-refractivity contribution in [1.29, 1.82) is 0 Å². The number of alkyl halides is 2. The molecule has 1 atom stereocenters. The van der Waals surface area contributed by atoms with Crippen LogP contribution in [0.4, 0.5) is 8.78 Å². The molecule has 5 nitrogen and oxygen atoms in total. The van der Waals surface area contributed by atoms with Crippen LogP contribution in [0.3, 0.4) is 0 Å². The Kier molecular flexibility index (Phi) is 5.69. The van der Waals surface area contributed by atoms with E-state index in [4.69, 9.17) is 20.3 Å². The van der Waals surface area contributed by atoms with Crippen LogP contribution < -0.4 is 15.2 Å². The van der Waals surface area contributed by atoms with Gasteiger partial charge in [0.05, 0.1) is 19.8 Å². The predicted octanol–water partition coefficient (Wildman–Crippen LogP) is 2.51. The third-order valence-corrected chi connectivity index (χ3v) is 2.89. The summed E-state index contributed by atoms with van der Waals surface area (Å²) in [6, 6.07) is 1.83. The van der Waals surface area contributed by atoms with Crippen molar-refractivity contribution < 1.29 is 28.2 Å². The number of hydrogen-bond acceptors (Lipinski definition) is 4. The van der Waals surface area contributed by atoms with E-state index in [0.29, 0.717) is 11.3 Å². The summed E-state index contributed by atoms with van der Waals surface area (Å²) in [5, 5.41) is 8.63. The average molecular weight is 289 g/mol. The summed E-state index contributed by atoms with van der Waals surface area (Å²) >= 11 is 0. The molecule has 0 bridgehead atoms. The SMILES string of the molecule is COc1cc(OC)c(C(N)CCC(=O)O)cc1C(F)F. The molecular weight excluding hydrogens is 272 g/mol. The summed E-state index contributed by atoms with van der Waals surface area (Å²) in [7, 11) is 2.66. The third kappa shape index (κ3) is 3.80. The number of aliphatic carboxylic acids is 1. The fourth-order valence-electron chi connectivity index (χ4n) is 1.84. The smallest absolute Gasteiger partial charge is 0.303 e. The molecule has 0 heterocycles. The van der Waals surface area contributed by atoms with E-state index in [1.807, 2.05) is 0 Å². The Bertz CT molecular complexity index is 480. The molecule has 1 aromatic carbocycles. The largest absolute Gasteiger partial charge is 0.496 e. The van der Waals surface area contributed by atoms with Gasteiger partial charge in [0.15, 0.2) is 0 Å². The molecule has 20 heavy (non-hydrogen) atoms. The highest BCUT2D eigenvalue weighted by atomic mass is 19.3. The second-order valence-corrected chi connectivity index (χ2v) is 4.18. The first kappa shape index (κ1) is 16.2. The summed E-state index contributed by atoms with van der Waals surface area (Å²) in [6.45, 7) is 0. The number of hydrogen-bond donors (Lipinski definition) is 2. The topological polar surface area (TPSA) is 81.8 Å². The van der Waals surface area contributed by atoms with Crippen LogP contribution in [0, 0.1) is 0 Å². The molecule has 1 unspecified atom stereocenters. The first-order valence-corrected chi connectivity index (χ1v) is 5.92. The van der Waals surface area contributed by atoms with Gasteiger partial charge in [-0.05, 0) is 12.5 Å². The molecule has 0 spiro atoms. The molecule has 3 N–H and O–H groups in total. The van der Waals surface area contributed by atoms with Crippen LogP contribution in [0.15, 0.2) is 12.1 Å². The van der Waals surface area contributed by atoms with E-state index < -0.39 is 18.4 Å². The van der Waals surface area contributed by atoms with Gasteiger partial charge in [0.25, 0.3) is 6.43 Å². The molecule has 0 saturated carbocycles. The summed E-state index contributed by atoms with van der Waals surface area (Å²) in [6.07, 6.45) is -2.75. The number of halogens is 2. The Balaban J connectivity index is 3.16. The normalized spacial score (nSPS) is 12.3. The minimum absolute atomic E-state index is 0.00559. The molecular formula is C13H17F2NO4. The highest BCUT2D eigenvalue weighted by Crippen LogP contribution is 2.37. The van der Waals surface area contributed by atoms with E-state index in [1.54, 1.807) is 0 Å². The van der Waals surface area contributed by atoms with Crippen LogP contribution >= 0.6 is 0 Å². The summed E-state index contributed by atoms with van der Waals surface area (Å²) in [4.78, 5) is 10.5. The molecule has 0 aliphatic heterocycles. The molecule has 0 fully saturated rings. The number of ether oxygens (including phenoxy) is 2. The van der Waals surface area contributed by atoms with Crippen LogP contribution in [-0.2, 0) is 4.79 Å². The summed E-state index contributed by atoms with van der Waals surface area (Å²) in [5.74, 6) is -0.697. The fourth-order valence-corrected chi connectivity index (χ4v) is 1.84. The standard InChI is InChI=1S/C13H17F2NO4/c1-19-10-6-11(20-2)8(13(14)15)5-7(10)9(16)3-4-12(17)18/h5-6,9,13H,3-4,16H2,1-2H3,(H,17,18). The number of carboxylic acids is 1. The van der Waals surface area contributed by atoms with E-state index in [-0.39, 0.29) is 24.2 Å². The first-order valence-electron chi connectivity index (χ1n) is 5.92. The van der Waals surface area contributed by atoms with Crippen LogP contribution in [0.2, 0.25) is 0 Å². The Labute approximate surface area is 115 Å². The molecule has 0 saturated heterocycles. The predicted molar refractivity (Wildman–Crippen MR) is 68.3 cm³/mol. The molecule has 112 valence electrons. The monoisotopic (exact) mass is 289 g/mol. The average Bonchev–Trinajstić information content (AvgIpc) is 2.42. The maximum atomic E-state index is 13.0. The van der Waals surface area contributed by atoms with Gasteiger partial charge in [0, 0.05) is 24.1 Å². The van der Waals surface area contributed by atoms with Gasteiger partial charge in [-0.25, -0.2) is 8.78 Å². The zero-order chi connectivity index (χ0) is 15.3. The van der Waals surface area contributed by atoms with Gasteiger partial charge in [0.1, 0.15) is 11.5 Å². The molecule has 0 aromatic heterocycles. The maximum Gasteiger partial charge on any atom is 0.303 e. The molecule has 1 rings (SSSR count). The molecule has 0 amide bonds. The fraction of sp³-hybridized carbons (Fsp3) is 0.462. The lowest BCUT2D eigenvalue weighted by Crippen LogP contribution is -2.14. The molecule has 7 heteroatoms. The quantitative estimate of drug-likeness (QED) is 0.806. The highest BCUT2D eigenvalue weighted by molar-refractivity contribution is 5.66. The Morgan fingerprint density at radius 1 is 1.25 bits per heavy atom. The number of rotatable bonds is 7. The van der Waals surface area contributed by atoms with E-state index >= 15 is 0 Å². The van der Waals surface area contributed by atoms with Crippen molar-refractivity contribution in [3.63, 3.8) is 0 Å². The van der Waals surface area contributed by atoms with E-state index in [9.17, 15) is 13.6 Å². The van der Waals surface area contributed by atoms with Gasteiger partial charge >= 0.3 is 5.97 Å². The minimum Gasteiger partial charge on any atom is -0.496 e. The minimum atomic E-state index is -2.72. The van der Waals surface area contributed by atoms with E-state index in [2.05, 4.69) is 0 Å². The number of carboxylic acid groups (broad SMARTS) is 1.